The van der Waals surface area contributed by atoms with Crippen LogP contribution in [0.4, 0.5) is 30.4 Å². The maximum atomic E-state index is 12.7. The third kappa shape index (κ3) is 4.73. The molecule has 8 heteroatoms. The summed E-state index contributed by atoms with van der Waals surface area (Å²) < 4.78 is 38.1. The predicted octanol–water partition coefficient (Wildman–Crippen LogP) is 4.31. The number of nitrogens with one attached hydrogen (secondary N) is 2. The first-order valence-corrected chi connectivity index (χ1v) is 8.18. The van der Waals surface area contributed by atoms with Crippen molar-refractivity contribution in [2.75, 3.05) is 23.8 Å². The topological polar surface area (TPSA) is 70.1 Å². The summed E-state index contributed by atoms with van der Waals surface area (Å²) in [6, 6.07) is 13.9. The van der Waals surface area contributed by atoms with Crippen LogP contribution in [0.5, 0.6) is 0 Å². The molecule has 0 bridgehead atoms. The zero-order valence-electron chi connectivity index (χ0n) is 14.2. The van der Waals surface area contributed by atoms with Gasteiger partial charge in [-0.15, -0.1) is 0 Å². The van der Waals surface area contributed by atoms with Crippen LogP contribution in [-0.2, 0) is 6.18 Å². The number of rotatable bonds is 6. The van der Waals surface area contributed by atoms with E-state index in [0.717, 1.165) is 17.7 Å². The van der Waals surface area contributed by atoms with Crippen molar-refractivity contribution in [2.45, 2.75) is 6.18 Å². The highest BCUT2D eigenvalue weighted by atomic mass is 19.4. The van der Waals surface area contributed by atoms with E-state index < -0.39 is 11.7 Å². The Balaban J connectivity index is 1.86. The van der Waals surface area contributed by atoms with E-state index in [4.69, 9.17) is 5.11 Å². The van der Waals surface area contributed by atoms with E-state index in [0.29, 0.717) is 29.4 Å². The number of hydrogen-bond donors (Lipinski definition) is 3. The molecule has 1 aromatic heterocycles. The lowest BCUT2D eigenvalue weighted by Crippen LogP contribution is -2.07. The van der Waals surface area contributed by atoms with Crippen molar-refractivity contribution in [3.05, 3.63) is 66.5 Å². The molecule has 0 saturated carbocycles. The molecule has 3 aromatic rings. The molecular formula is C19H17F3N4O. The number of alkyl halides is 3. The second kappa shape index (κ2) is 8.05. The highest BCUT2D eigenvalue weighted by Gasteiger charge is 2.29. The van der Waals surface area contributed by atoms with Gasteiger partial charge in [-0.05, 0) is 30.3 Å². The molecule has 2 aromatic carbocycles. The van der Waals surface area contributed by atoms with Gasteiger partial charge in [0.2, 0.25) is 0 Å². The first-order chi connectivity index (χ1) is 13.0. The zero-order valence-corrected chi connectivity index (χ0v) is 14.2. The Labute approximate surface area is 153 Å². The predicted molar refractivity (Wildman–Crippen MR) is 97.8 cm³/mol. The van der Waals surface area contributed by atoms with E-state index in [9.17, 15) is 13.2 Å². The minimum Gasteiger partial charge on any atom is -0.395 e. The normalized spacial score (nSPS) is 11.3. The van der Waals surface area contributed by atoms with Gasteiger partial charge in [0.05, 0.1) is 17.9 Å². The molecule has 3 rings (SSSR count). The molecule has 5 nitrogen and oxygen atoms in total. The van der Waals surface area contributed by atoms with Crippen molar-refractivity contribution in [1.82, 2.24) is 9.97 Å². The highest BCUT2D eigenvalue weighted by Crippen LogP contribution is 2.32. The van der Waals surface area contributed by atoms with Crippen molar-refractivity contribution >= 4 is 17.2 Å². The number of para-hydroxylation sites is 1. The van der Waals surface area contributed by atoms with E-state index >= 15 is 0 Å². The molecule has 0 radical (unpaired) electrons. The summed E-state index contributed by atoms with van der Waals surface area (Å²) in [7, 11) is 0. The van der Waals surface area contributed by atoms with Crippen molar-refractivity contribution in [3.8, 4) is 11.3 Å². The maximum Gasteiger partial charge on any atom is 0.416 e. The highest BCUT2D eigenvalue weighted by molar-refractivity contribution is 5.79. The summed E-state index contributed by atoms with van der Waals surface area (Å²) in [5, 5.41) is 15.0. The van der Waals surface area contributed by atoms with Crippen LogP contribution in [0.1, 0.15) is 5.56 Å². The number of nitrogens with zero attached hydrogens (tertiary/aromatic N) is 2. The number of benzene rings is 2. The van der Waals surface area contributed by atoms with Gasteiger partial charge in [0.15, 0.2) is 0 Å². The summed E-state index contributed by atoms with van der Waals surface area (Å²) >= 11 is 0. The third-order valence-corrected chi connectivity index (χ3v) is 3.78. The third-order valence-electron chi connectivity index (χ3n) is 3.78. The number of hydrogen-bond acceptors (Lipinski definition) is 5. The van der Waals surface area contributed by atoms with Crippen LogP contribution in [0.2, 0.25) is 0 Å². The van der Waals surface area contributed by atoms with Crippen LogP contribution in [0.25, 0.3) is 11.3 Å². The Morgan fingerprint density at radius 2 is 1.70 bits per heavy atom. The SMILES string of the molecule is OCCNc1cc(-c2ccccc2Nc2ccc(C(F)(F)F)cc2)ncn1. The second-order valence-corrected chi connectivity index (χ2v) is 5.68. The fourth-order valence-electron chi connectivity index (χ4n) is 2.50. The van der Waals surface area contributed by atoms with Crippen LogP contribution in [0.3, 0.4) is 0 Å². The van der Waals surface area contributed by atoms with Crippen LogP contribution in [0, 0.1) is 0 Å². The average Bonchev–Trinajstić information content (AvgIpc) is 2.67. The molecule has 27 heavy (non-hydrogen) atoms. The summed E-state index contributed by atoms with van der Waals surface area (Å²) in [4.78, 5) is 8.35. The minimum absolute atomic E-state index is 0.0224. The quantitative estimate of drug-likeness (QED) is 0.600. The number of anilines is 3. The lowest BCUT2D eigenvalue weighted by Gasteiger charge is -2.13. The molecule has 0 aliphatic rings. The number of aliphatic hydroxyl groups excluding tert-OH is 1. The molecule has 0 amide bonds. The van der Waals surface area contributed by atoms with Gasteiger partial charge in [0.1, 0.15) is 12.1 Å². The van der Waals surface area contributed by atoms with Gasteiger partial charge in [-0.1, -0.05) is 18.2 Å². The Hall–Kier alpha value is -3.13. The molecule has 0 atom stereocenters. The Bertz CT molecular complexity index is 898. The fraction of sp³-hybridized carbons (Fsp3) is 0.158. The smallest absolute Gasteiger partial charge is 0.395 e. The Kier molecular flexibility index (Phi) is 5.56. The van der Waals surface area contributed by atoms with Crippen LogP contribution in [-0.4, -0.2) is 28.2 Å². The van der Waals surface area contributed by atoms with Crippen molar-refractivity contribution in [2.24, 2.45) is 0 Å². The van der Waals surface area contributed by atoms with Crippen LogP contribution < -0.4 is 10.6 Å². The lowest BCUT2D eigenvalue weighted by atomic mass is 10.1. The first-order valence-electron chi connectivity index (χ1n) is 8.18. The molecule has 3 N–H and O–H groups in total. The fourth-order valence-corrected chi connectivity index (χ4v) is 2.50. The van der Waals surface area contributed by atoms with E-state index in [1.54, 1.807) is 6.07 Å². The summed E-state index contributed by atoms with van der Waals surface area (Å²) in [6.07, 6.45) is -2.96. The van der Waals surface area contributed by atoms with Gasteiger partial charge in [0, 0.05) is 29.5 Å². The van der Waals surface area contributed by atoms with Gasteiger partial charge in [-0.2, -0.15) is 13.2 Å². The van der Waals surface area contributed by atoms with E-state index in [1.165, 1.54) is 18.5 Å². The number of aliphatic hydroxyl groups is 1. The molecular weight excluding hydrogens is 357 g/mol. The molecule has 0 fully saturated rings. The maximum absolute atomic E-state index is 12.7. The summed E-state index contributed by atoms with van der Waals surface area (Å²) in [5.41, 5.74) is 1.94. The van der Waals surface area contributed by atoms with Gasteiger partial charge >= 0.3 is 6.18 Å². The molecule has 0 saturated heterocycles. The van der Waals surface area contributed by atoms with Crippen LogP contribution in [0.15, 0.2) is 60.9 Å². The molecule has 0 spiro atoms. The van der Waals surface area contributed by atoms with Gasteiger partial charge < -0.3 is 15.7 Å². The number of aromatic nitrogens is 2. The second-order valence-electron chi connectivity index (χ2n) is 5.68. The lowest BCUT2D eigenvalue weighted by molar-refractivity contribution is -0.137. The zero-order chi connectivity index (χ0) is 19.3. The van der Waals surface area contributed by atoms with Crippen molar-refractivity contribution < 1.29 is 18.3 Å². The van der Waals surface area contributed by atoms with Gasteiger partial charge in [0.25, 0.3) is 0 Å². The van der Waals surface area contributed by atoms with E-state index in [1.807, 2.05) is 24.3 Å². The summed E-state index contributed by atoms with van der Waals surface area (Å²) in [6.45, 7) is 0.341. The standard InChI is InChI=1S/C19H17F3N4O/c20-19(21,22)13-5-7-14(8-6-13)26-16-4-2-1-3-15(16)17-11-18(23-9-10-27)25-12-24-17/h1-8,11-12,26-27H,9-10H2,(H,23,24,25). The van der Waals surface area contributed by atoms with Gasteiger partial charge in [-0.3, -0.25) is 0 Å². The Morgan fingerprint density at radius 3 is 2.41 bits per heavy atom. The molecule has 0 unspecified atom stereocenters. The minimum atomic E-state index is -4.37. The summed E-state index contributed by atoms with van der Waals surface area (Å²) in [5.74, 6) is 0.568. The largest absolute Gasteiger partial charge is 0.416 e. The monoisotopic (exact) mass is 374 g/mol. The van der Waals surface area contributed by atoms with Crippen molar-refractivity contribution in [1.29, 1.82) is 0 Å². The van der Waals surface area contributed by atoms with Crippen molar-refractivity contribution in [3.63, 3.8) is 0 Å². The van der Waals surface area contributed by atoms with E-state index in [2.05, 4.69) is 20.6 Å². The Morgan fingerprint density at radius 1 is 0.963 bits per heavy atom. The molecule has 0 aliphatic carbocycles. The molecule has 0 aliphatic heterocycles. The molecule has 140 valence electrons. The number of halogens is 3. The van der Waals surface area contributed by atoms with Gasteiger partial charge in [-0.25, -0.2) is 9.97 Å². The first kappa shape index (κ1) is 18.7. The average molecular weight is 374 g/mol. The van der Waals surface area contributed by atoms with E-state index in [-0.39, 0.29) is 6.61 Å². The molecule has 1 heterocycles. The van der Waals surface area contributed by atoms with Crippen LogP contribution >= 0.6 is 0 Å².